The van der Waals surface area contributed by atoms with Crippen LogP contribution >= 0.6 is 11.3 Å². The van der Waals surface area contributed by atoms with Gasteiger partial charge < -0.3 is 0 Å². The van der Waals surface area contributed by atoms with Gasteiger partial charge in [-0.15, -0.1) is 10.2 Å². The molecule has 1 aromatic heterocycles. The Morgan fingerprint density at radius 3 is 2.59 bits per heavy atom. The van der Waals surface area contributed by atoms with Crippen molar-refractivity contribution in [2.24, 2.45) is 0 Å². The van der Waals surface area contributed by atoms with Crippen molar-refractivity contribution in [2.75, 3.05) is 5.32 Å². The van der Waals surface area contributed by atoms with Crippen LogP contribution < -0.4 is 5.32 Å². The molecular formula is C16H18FN3OS. The van der Waals surface area contributed by atoms with Gasteiger partial charge in [-0.05, 0) is 18.9 Å². The van der Waals surface area contributed by atoms with Crippen molar-refractivity contribution in [3.63, 3.8) is 0 Å². The Kier molecular flexibility index (Phi) is 3.95. The largest absolute Gasteiger partial charge is 0.300 e. The molecule has 116 valence electrons. The predicted octanol–water partition coefficient (Wildman–Crippen LogP) is 3.86. The number of nitrogens with zero attached hydrogens (tertiary/aromatic N) is 2. The van der Waals surface area contributed by atoms with E-state index in [1.54, 1.807) is 18.2 Å². The molecule has 0 aliphatic heterocycles. The van der Waals surface area contributed by atoms with Gasteiger partial charge in [0.05, 0.1) is 5.41 Å². The van der Waals surface area contributed by atoms with Crippen molar-refractivity contribution in [2.45, 2.75) is 44.4 Å². The van der Waals surface area contributed by atoms with Gasteiger partial charge in [0, 0.05) is 11.5 Å². The molecule has 1 heterocycles. The number of aromatic nitrogens is 2. The van der Waals surface area contributed by atoms with Crippen LogP contribution in [0.15, 0.2) is 24.3 Å². The first-order valence-electron chi connectivity index (χ1n) is 7.43. The lowest BCUT2D eigenvalue weighted by atomic mass is 9.63. The normalized spacial score (nSPS) is 16.4. The first-order chi connectivity index (χ1) is 10.5. The van der Waals surface area contributed by atoms with E-state index in [-0.39, 0.29) is 17.6 Å². The number of amides is 1. The second-order valence-electron chi connectivity index (χ2n) is 5.97. The van der Waals surface area contributed by atoms with Gasteiger partial charge in [-0.1, -0.05) is 49.8 Å². The highest BCUT2D eigenvalue weighted by molar-refractivity contribution is 7.15. The van der Waals surface area contributed by atoms with Crippen molar-refractivity contribution in [1.29, 1.82) is 0 Å². The van der Waals surface area contributed by atoms with Crippen molar-refractivity contribution >= 4 is 22.4 Å². The summed E-state index contributed by atoms with van der Waals surface area (Å²) in [7, 11) is 0. The maximum atomic E-state index is 14.1. The van der Waals surface area contributed by atoms with E-state index in [2.05, 4.69) is 15.5 Å². The van der Waals surface area contributed by atoms with Gasteiger partial charge in [0.2, 0.25) is 11.0 Å². The summed E-state index contributed by atoms with van der Waals surface area (Å²) in [5, 5.41) is 12.3. The molecule has 4 nitrogen and oxygen atoms in total. The molecule has 6 heteroatoms. The third kappa shape index (κ3) is 2.52. The van der Waals surface area contributed by atoms with Crippen LogP contribution in [0.2, 0.25) is 0 Å². The summed E-state index contributed by atoms with van der Waals surface area (Å²) < 4.78 is 14.1. The Bertz CT molecular complexity index is 694. The number of anilines is 1. The van der Waals surface area contributed by atoms with Crippen molar-refractivity contribution in [3.05, 3.63) is 40.7 Å². The van der Waals surface area contributed by atoms with E-state index >= 15 is 0 Å². The van der Waals surface area contributed by atoms with Crippen LogP contribution in [0.25, 0.3) is 0 Å². The molecule has 0 unspecified atom stereocenters. The average molecular weight is 319 g/mol. The number of carbonyl (C=O) groups excluding carboxylic acids is 1. The van der Waals surface area contributed by atoms with Crippen LogP contribution in [0.5, 0.6) is 0 Å². The predicted molar refractivity (Wildman–Crippen MR) is 84.6 cm³/mol. The van der Waals surface area contributed by atoms with Gasteiger partial charge in [0.1, 0.15) is 10.8 Å². The molecule has 2 aromatic rings. The van der Waals surface area contributed by atoms with E-state index in [0.29, 0.717) is 23.5 Å². The van der Waals surface area contributed by atoms with E-state index in [9.17, 15) is 9.18 Å². The minimum absolute atomic E-state index is 0.185. The number of carbonyl (C=O) groups is 1. The zero-order valence-electron chi connectivity index (χ0n) is 12.6. The first kappa shape index (κ1) is 15.1. The van der Waals surface area contributed by atoms with E-state index < -0.39 is 5.41 Å². The molecule has 22 heavy (non-hydrogen) atoms. The first-order valence-corrected chi connectivity index (χ1v) is 8.24. The molecule has 0 radical (unpaired) electrons. The molecule has 0 bridgehead atoms. The molecule has 0 atom stereocenters. The molecule has 0 spiro atoms. The molecule has 1 aromatic carbocycles. The standard InChI is InChI=1S/C16H18FN3OS/c1-10(2)13-19-20-15(22-13)18-14(21)16(8-5-9-16)11-6-3-4-7-12(11)17/h3-4,6-7,10H,5,8-9H2,1-2H3,(H,18,20,21). The fourth-order valence-electron chi connectivity index (χ4n) is 2.73. The molecule has 1 aliphatic rings. The van der Waals surface area contributed by atoms with Gasteiger partial charge in [-0.25, -0.2) is 4.39 Å². The number of rotatable bonds is 4. The van der Waals surface area contributed by atoms with Gasteiger partial charge >= 0.3 is 0 Å². The summed E-state index contributed by atoms with van der Waals surface area (Å²) in [5.74, 6) is -0.236. The third-order valence-electron chi connectivity index (χ3n) is 4.19. The smallest absolute Gasteiger partial charge is 0.236 e. The monoisotopic (exact) mass is 319 g/mol. The van der Waals surface area contributed by atoms with E-state index in [4.69, 9.17) is 0 Å². The molecule has 3 rings (SSSR count). The zero-order valence-corrected chi connectivity index (χ0v) is 13.4. The fraction of sp³-hybridized carbons (Fsp3) is 0.438. The Balaban J connectivity index is 1.84. The average Bonchev–Trinajstić information content (AvgIpc) is 2.88. The summed E-state index contributed by atoms with van der Waals surface area (Å²) in [6.07, 6.45) is 2.25. The lowest BCUT2D eigenvalue weighted by Crippen LogP contribution is -2.46. The second kappa shape index (κ2) is 5.76. The molecule has 1 saturated carbocycles. The quantitative estimate of drug-likeness (QED) is 0.931. The SMILES string of the molecule is CC(C)c1nnc(NC(=O)C2(c3ccccc3F)CCC2)s1. The lowest BCUT2D eigenvalue weighted by Gasteiger charge is -2.40. The van der Waals surface area contributed by atoms with Crippen LogP contribution in [0.1, 0.15) is 49.6 Å². The lowest BCUT2D eigenvalue weighted by molar-refractivity contribution is -0.124. The van der Waals surface area contributed by atoms with Crippen LogP contribution in [-0.4, -0.2) is 16.1 Å². The van der Waals surface area contributed by atoms with Crippen LogP contribution in [0.4, 0.5) is 9.52 Å². The van der Waals surface area contributed by atoms with Crippen molar-refractivity contribution in [1.82, 2.24) is 10.2 Å². The maximum Gasteiger partial charge on any atom is 0.236 e. The van der Waals surface area contributed by atoms with E-state index in [1.165, 1.54) is 17.4 Å². The minimum atomic E-state index is -0.769. The third-order valence-corrected chi connectivity index (χ3v) is 5.33. The second-order valence-corrected chi connectivity index (χ2v) is 6.98. The summed E-state index contributed by atoms with van der Waals surface area (Å²) in [6, 6.07) is 6.52. The molecule has 1 amide bonds. The Morgan fingerprint density at radius 2 is 2.05 bits per heavy atom. The highest BCUT2D eigenvalue weighted by atomic mass is 32.1. The Morgan fingerprint density at radius 1 is 1.32 bits per heavy atom. The number of hydrogen-bond donors (Lipinski definition) is 1. The van der Waals surface area contributed by atoms with Gasteiger partial charge in [0.15, 0.2) is 0 Å². The summed E-state index contributed by atoms with van der Waals surface area (Å²) in [5.41, 5.74) is -0.290. The van der Waals surface area contributed by atoms with Crippen LogP contribution in [0, 0.1) is 5.82 Å². The molecular weight excluding hydrogens is 301 g/mol. The van der Waals surface area contributed by atoms with Gasteiger partial charge in [-0.3, -0.25) is 10.1 Å². The zero-order chi connectivity index (χ0) is 15.7. The maximum absolute atomic E-state index is 14.1. The number of halogens is 1. The summed E-state index contributed by atoms with van der Waals surface area (Å²) in [4.78, 5) is 12.7. The number of nitrogens with one attached hydrogen (secondary N) is 1. The van der Waals surface area contributed by atoms with Gasteiger partial charge in [-0.2, -0.15) is 0 Å². The molecule has 1 fully saturated rings. The van der Waals surface area contributed by atoms with Crippen LogP contribution in [0.3, 0.4) is 0 Å². The topological polar surface area (TPSA) is 54.9 Å². The van der Waals surface area contributed by atoms with Crippen LogP contribution in [-0.2, 0) is 10.2 Å². The van der Waals surface area contributed by atoms with E-state index in [0.717, 1.165) is 11.4 Å². The summed E-state index contributed by atoms with van der Waals surface area (Å²) >= 11 is 1.37. The van der Waals surface area contributed by atoms with E-state index in [1.807, 2.05) is 13.8 Å². The molecule has 1 N–H and O–H groups in total. The highest BCUT2D eigenvalue weighted by Crippen LogP contribution is 2.45. The number of hydrogen-bond acceptors (Lipinski definition) is 4. The number of benzene rings is 1. The molecule has 1 aliphatic carbocycles. The highest BCUT2D eigenvalue weighted by Gasteiger charge is 2.47. The molecule has 0 saturated heterocycles. The fourth-order valence-corrected chi connectivity index (χ4v) is 3.47. The Hall–Kier alpha value is -1.82. The van der Waals surface area contributed by atoms with Crippen molar-refractivity contribution in [3.8, 4) is 0 Å². The van der Waals surface area contributed by atoms with Gasteiger partial charge in [0.25, 0.3) is 0 Å². The minimum Gasteiger partial charge on any atom is -0.300 e. The summed E-state index contributed by atoms with van der Waals surface area (Å²) in [6.45, 7) is 4.05. The van der Waals surface area contributed by atoms with Crippen molar-refractivity contribution < 1.29 is 9.18 Å². The Labute approximate surface area is 132 Å².